The van der Waals surface area contributed by atoms with E-state index in [-0.39, 0.29) is 17.3 Å². The van der Waals surface area contributed by atoms with Crippen LogP contribution in [0.25, 0.3) is 22.3 Å². The number of carboxylic acid groups (broad SMARTS) is 1. The van der Waals surface area contributed by atoms with Crippen molar-refractivity contribution in [2.24, 2.45) is 5.92 Å². The molecule has 2 N–H and O–H groups in total. The van der Waals surface area contributed by atoms with Gasteiger partial charge in [0.15, 0.2) is 0 Å². The Bertz CT molecular complexity index is 965. The average Bonchev–Trinajstić information content (AvgIpc) is 3.26. The predicted octanol–water partition coefficient (Wildman–Crippen LogP) is 4.72. The van der Waals surface area contributed by atoms with E-state index in [1.165, 1.54) is 5.56 Å². The van der Waals surface area contributed by atoms with Crippen LogP contribution >= 0.6 is 0 Å². The Morgan fingerprint density at radius 1 is 1.20 bits per heavy atom. The molecule has 1 aliphatic carbocycles. The average molecular weight is 334 g/mol. The Morgan fingerprint density at radius 3 is 2.68 bits per heavy atom. The smallest absolute Gasteiger partial charge is 0.307 e. The molecule has 4 heteroatoms. The van der Waals surface area contributed by atoms with Gasteiger partial charge >= 0.3 is 5.97 Å². The number of benzene rings is 1. The van der Waals surface area contributed by atoms with Crippen molar-refractivity contribution < 1.29 is 9.90 Å². The van der Waals surface area contributed by atoms with E-state index in [4.69, 9.17) is 5.11 Å². The van der Waals surface area contributed by atoms with E-state index in [9.17, 15) is 4.79 Å². The Kier molecular flexibility index (Phi) is 3.46. The van der Waals surface area contributed by atoms with Gasteiger partial charge in [-0.1, -0.05) is 26.8 Å². The highest BCUT2D eigenvalue weighted by molar-refractivity contribution is 5.86. The summed E-state index contributed by atoms with van der Waals surface area (Å²) in [5.74, 6) is -0.758. The van der Waals surface area contributed by atoms with Crippen LogP contribution < -0.4 is 0 Å². The van der Waals surface area contributed by atoms with Crippen LogP contribution in [0.5, 0.6) is 0 Å². The molecule has 3 aromatic rings. The van der Waals surface area contributed by atoms with E-state index in [1.807, 2.05) is 18.3 Å². The van der Waals surface area contributed by atoms with E-state index in [2.05, 4.69) is 55.0 Å². The summed E-state index contributed by atoms with van der Waals surface area (Å²) >= 11 is 0. The standard InChI is InChI=1S/C21H22N2O2/c1-21(2,3)14-6-7-22-18(10-14)19-9-13-8-12(4-5-17(13)23-19)15-11-16(15)20(24)25/h4-10,15-16,23H,11H2,1-3H3,(H,24,25). The summed E-state index contributed by atoms with van der Waals surface area (Å²) in [6, 6.07) is 12.5. The van der Waals surface area contributed by atoms with Gasteiger partial charge in [-0.05, 0) is 59.2 Å². The lowest BCUT2D eigenvalue weighted by Crippen LogP contribution is -2.11. The largest absolute Gasteiger partial charge is 0.481 e. The molecule has 0 radical (unpaired) electrons. The molecule has 0 spiro atoms. The molecule has 1 saturated carbocycles. The second-order valence-electron chi connectivity index (χ2n) is 8.00. The maximum Gasteiger partial charge on any atom is 0.307 e. The minimum atomic E-state index is -0.692. The van der Waals surface area contributed by atoms with Gasteiger partial charge in [0.05, 0.1) is 17.3 Å². The van der Waals surface area contributed by atoms with Gasteiger partial charge in [-0.2, -0.15) is 0 Å². The van der Waals surface area contributed by atoms with Gasteiger partial charge in [0.25, 0.3) is 0 Å². The van der Waals surface area contributed by atoms with Crippen molar-refractivity contribution in [3.8, 4) is 11.4 Å². The number of aliphatic carboxylic acids is 1. The van der Waals surface area contributed by atoms with Crippen molar-refractivity contribution in [3.63, 3.8) is 0 Å². The maximum atomic E-state index is 11.1. The first-order chi connectivity index (χ1) is 11.8. The molecular formula is C21H22N2O2. The normalized spacial score (nSPS) is 20.0. The number of H-pyrrole nitrogens is 1. The van der Waals surface area contributed by atoms with Gasteiger partial charge in [0, 0.05) is 17.1 Å². The summed E-state index contributed by atoms with van der Waals surface area (Å²) in [5.41, 5.74) is 5.41. The van der Waals surface area contributed by atoms with Gasteiger partial charge < -0.3 is 10.1 Å². The second-order valence-corrected chi connectivity index (χ2v) is 8.00. The minimum Gasteiger partial charge on any atom is -0.481 e. The van der Waals surface area contributed by atoms with Crippen LogP contribution in [0.2, 0.25) is 0 Å². The summed E-state index contributed by atoms with van der Waals surface area (Å²) in [5, 5.41) is 10.2. The highest BCUT2D eigenvalue weighted by atomic mass is 16.4. The molecule has 2 atom stereocenters. The molecule has 0 bridgehead atoms. The van der Waals surface area contributed by atoms with Crippen LogP contribution in [-0.4, -0.2) is 21.0 Å². The number of fused-ring (bicyclic) bond motifs is 1. The first-order valence-electron chi connectivity index (χ1n) is 8.65. The number of aromatic nitrogens is 2. The second kappa shape index (κ2) is 5.45. The molecule has 1 aliphatic rings. The number of aromatic amines is 1. The van der Waals surface area contributed by atoms with Crippen molar-refractivity contribution in [1.29, 1.82) is 0 Å². The van der Waals surface area contributed by atoms with Crippen LogP contribution in [0.4, 0.5) is 0 Å². The number of nitrogens with one attached hydrogen (secondary N) is 1. The van der Waals surface area contributed by atoms with E-state index in [0.29, 0.717) is 0 Å². The third kappa shape index (κ3) is 2.93. The van der Waals surface area contributed by atoms with Crippen LogP contribution in [0.15, 0.2) is 42.6 Å². The Balaban J connectivity index is 1.69. The summed E-state index contributed by atoms with van der Waals surface area (Å²) in [6.45, 7) is 6.58. The first-order valence-corrected chi connectivity index (χ1v) is 8.65. The molecule has 0 amide bonds. The van der Waals surface area contributed by atoms with Gasteiger partial charge in [0.2, 0.25) is 0 Å². The molecule has 1 fully saturated rings. The molecule has 1 aromatic carbocycles. The summed E-state index contributed by atoms with van der Waals surface area (Å²) < 4.78 is 0. The zero-order valence-electron chi connectivity index (χ0n) is 14.7. The molecule has 0 aliphatic heterocycles. The molecule has 4 nitrogen and oxygen atoms in total. The molecule has 2 aromatic heterocycles. The molecule has 128 valence electrons. The van der Waals surface area contributed by atoms with Gasteiger partial charge in [-0.25, -0.2) is 0 Å². The Labute approximate surface area is 146 Å². The monoisotopic (exact) mass is 334 g/mol. The molecule has 25 heavy (non-hydrogen) atoms. The van der Waals surface area contributed by atoms with Crippen molar-refractivity contribution in [2.75, 3.05) is 0 Å². The lowest BCUT2D eigenvalue weighted by atomic mass is 9.87. The maximum absolute atomic E-state index is 11.1. The van der Waals surface area contributed by atoms with E-state index in [0.717, 1.165) is 34.3 Å². The number of hydrogen-bond acceptors (Lipinski definition) is 2. The van der Waals surface area contributed by atoms with Crippen molar-refractivity contribution >= 4 is 16.9 Å². The molecule has 0 saturated heterocycles. The van der Waals surface area contributed by atoms with Crippen molar-refractivity contribution in [3.05, 3.63) is 53.7 Å². The lowest BCUT2D eigenvalue weighted by molar-refractivity contribution is -0.138. The zero-order valence-corrected chi connectivity index (χ0v) is 14.7. The predicted molar refractivity (Wildman–Crippen MR) is 98.7 cm³/mol. The summed E-state index contributed by atoms with van der Waals surface area (Å²) in [4.78, 5) is 19.0. The third-order valence-electron chi connectivity index (χ3n) is 5.08. The van der Waals surface area contributed by atoms with Gasteiger partial charge in [-0.15, -0.1) is 0 Å². The van der Waals surface area contributed by atoms with Crippen LogP contribution in [0.1, 0.15) is 44.2 Å². The van der Waals surface area contributed by atoms with Gasteiger partial charge in [-0.3, -0.25) is 9.78 Å². The topological polar surface area (TPSA) is 66.0 Å². The quantitative estimate of drug-likeness (QED) is 0.728. The number of nitrogens with zero attached hydrogens (tertiary/aromatic N) is 1. The fourth-order valence-corrected chi connectivity index (χ4v) is 3.40. The number of carboxylic acids is 1. The minimum absolute atomic E-state index is 0.0781. The van der Waals surface area contributed by atoms with Crippen molar-refractivity contribution in [2.45, 2.75) is 38.5 Å². The number of pyridine rings is 1. The van der Waals surface area contributed by atoms with Crippen LogP contribution in [0.3, 0.4) is 0 Å². The van der Waals surface area contributed by atoms with Crippen LogP contribution in [0, 0.1) is 5.92 Å². The van der Waals surface area contributed by atoms with Crippen molar-refractivity contribution in [1.82, 2.24) is 9.97 Å². The zero-order chi connectivity index (χ0) is 17.8. The lowest BCUT2D eigenvalue weighted by Gasteiger charge is -2.19. The van der Waals surface area contributed by atoms with E-state index in [1.54, 1.807) is 0 Å². The summed E-state index contributed by atoms with van der Waals surface area (Å²) in [6.07, 6.45) is 2.60. The SMILES string of the molecule is CC(C)(C)c1ccnc(-c2cc3cc(C4CC4C(=O)O)ccc3[nH]2)c1. The highest BCUT2D eigenvalue weighted by Crippen LogP contribution is 2.48. The molecule has 2 heterocycles. The van der Waals surface area contributed by atoms with Gasteiger partial charge in [0.1, 0.15) is 0 Å². The molecular weight excluding hydrogens is 312 g/mol. The Hall–Kier alpha value is -2.62. The molecule has 2 unspecified atom stereocenters. The number of carbonyl (C=O) groups is 1. The highest BCUT2D eigenvalue weighted by Gasteiger charge is 2.44. The summed E-state index contributed by atoms with van der Waals surface area (Å²) in [7, 11) is 0. The van der Waals surface area contributed by atoms with Crippen LogP contribution in [-0.2, 0) is 10.2 Å². The fraction of sp³-hybridized carbons (Fsp3) is 0.333. The Morgan fingerprint density at radius 2 is 2.00 bits per heavy atom. The fourth-order valence-electron chi connectivity index (χ4n) is 3.40. The van der Waals surface area contributed by atoms with E-state index >= 15 is 0 Å². The number of hydrogen-bond donors (Lipinski definition) is 2. The first kappa shape index (κ1) is 15.9. The van der Waals surface area contributed by atoms with E-state index < -0.39 is 5.97 Å². The number of rotatable bonds is 3. The molecule has 4 rings (SSSR count). The third-order valence-corrected chi connectivity index (χ3v) is 5.08.